The lowest BCUT2D eigenvalue weighted by molar-refractivity contribution is 0.924. The summed E-state index contributed by atoms with van der Waals surface area (Å²) >= 11 is 0. The maximum Gasteiger partial charge on any atom is 0.0462 e. The van der Waals surface area contributed by atoms with E-state index in [9.17, 15) is 0 Å². The van der Waals surface area contributed by atoms with Gasteiger partial charge in [-0.25, -0.2) is 0 Å². The summed E-state index contributed by atoms with van der Waals surface area (Å²) < 4.78 is 0. The molecule has 51 heavy (non-hydrogen) atoms. The number of anilines is 6. The highest BCUT2D eigenvalue weighted by molar-refractivity contribution is 5.81. The zero-order valence-corrected chi connectivity index (χ0v) is 30.4. The lowest BCUT2D eigenvalue weighted by Crippen LogP contribution is -2.10. The molecule has 7 aromatic carbocycles. The second-order valence-corrected chi connectivity index (χ2v) is 13.7. The predicted octanol–water partition coefficient (Wildman–Crippen LogP) is 14.1. The number of rotatable bonds is 10. The minimum Gasteiger partial charge on any atom is -0.311 e. The zero-order valence-electron chi connectivity index (χ0n) is 30.4. The van der Waals surface area contributed by atoms with Crippen LogP contribution in [0.2, 0.25) is 0 Å². The van der Waals surface area contributed by atoms with Gasteiger partial charge in [0.05, 0.1) is 0 Å². The third kappa shape index (κ3) is 7.51. The van der Waals surface area contributed by atoms with Crippen LogP contribution in [0.3, 0.4) is 0 Å². The lowest BCUT2D eigenvalue weighted by atomic mass is 9.92. The number of benzene rings is 7. The Morgan fingerprint density at radius 1 is 0.333 bits per heavy atom. The van der Waals surface area contributed by atoms with Gasteiger partial charge >= 0.3 is 0 Å². The van der Waals surface area contributed by atoms with Crippen molar-refractivity contribution >= 4 is 34.1 Å². The van der Waals surface area contributed by atoms with Crippen LogP contribution in [-0.2, 0) is 6.42 Å². The summed E-state index contributed by atoms with van der Waals surface area (Å²) in [6, 6.07) is 60.1. The van der Waals surface area contributed by atoms with Gasteiger partial charge in [0.15, 0.2) is 0 Å². The Bertz CT molecular complexity index is 2100. The fraction of sp³-hybridized carbons (Fsp3) is 0.143. The Balaban J connectivity index is 1.19. The first-order valence-electron chi connectivity index (χ1n) is 18.1. The molecule has 0 atom stereocenters. The van der Waals surface area contributed by atoms with Crippen molar-refractivity contribution in [2.45, 2.75) is 47.5 Å². The van der Waals surface area contributed by atoms with Crippen molar-refractivity contribution in [3.8, 4) is 22.3 Å². The van der Waals surface area contributed by atoms with Crippen LogP contribution in [-0.4, -0.2) is 0 Å². The van der Waals surface area contributed by atoms with Crippen LogP contribution >= 0.6 is 0 Å². The van der Waals surface area contributed by atoms with Gasteiger partial charge in [-0.2, -0.15) is 0 Å². The number of aryl methyl sites for hydroxylation is 5. The van der Waals surface area contributed by atoms with Crippen molar-refractivity contribution in [2.24, 2.45) is 0 Å². The Morgan fingerprint density at radius 3 is 0.961 bits per heavy atom. The van der Waals surface area contributed by atoms with Gasteiger partial charge < -0.3 is 9.80 Å². The van der Waals surface area contributed by atoms with Gasteiger partial charge in [0.2, 0.25) is 0 Å². The minimum atomic E-state index is 1.02. The standard InChI is InChI=1S/C49H46N2/c1-6-7-42-34-41(39-16-29-47(30-17-39)50(43-21-8-35(2)9-22-43)44-23-10-36(3)11-24-44)20-33-49(42)40-18-31-48(32-19-40)51(45-25-12-37(4)13-26-45)46-27-14-38(5)15-28-46/h8-34H,6-7H2,1-5H3. The third-order valence-electron chi connectivity index (χ3n) is 9.69. The number of hydrogen-bond acceptors (Lipinski definition) is 2. The molecule has 0 bridgehead atoms. The molecule has 0 fully saturated rings. The van der Waals surface area contributed by atoms with E-state index in [1.807, 2.05) is 0 Å². The van der Waals surface area contributed by atoms with Crippen molar-refractivity contribution in [2.75, 3.05) is 9.80 Å². The summed E-state index contributed by atoms with van der Waals surface area (Å²) in [6.45, 7) is 10.8. The Labute approximate surface area is 304 Å². The van der Waals surface area contributed by atoms with Crippen molar-refractivity contribution in [1.82, 2.24) is 0 Å². The first-order valence-corrected chi connectivity index (χ1v) is 18.1. The molecule has 0 heterocycles. The number of nitrogens with zero attached hydrogens (tertiary/aromatic N) is 2. The molecule has 7 rings (SSSR count). The van der Waals surface area contributed by atoms with E-state index in [2.05, 4.69) is 208 Å². The second-order valence-electron chi connectivity index (χ2n) is 13.7. The third-order valence-corrected chi connectivity index (χ3v) is 9.69. The molecule has 252 valence electrons. The van der Waals surface area contributed by atoms with Gasteiger partial charge in [-0.05, 0) is 135 Å². The lowest BCUT2D eigenvalue weighted by Gasteiger charge is -2.26. The molecule has 0 N–H and O–H groups in total. The maximum atomic E-state index is 2.39. The van der Waals surface area contributed by atoms with Crippen molar-refractivity contribution in [1.29, 1.82) is 0 Å². The molecule has 0 radical (unpaired) electrons. The average Bonchev–Trinajstić information content (AvgIpc) is 3.16. The molecular formula is C49H46N2. The van der Waals surface area contributed by atoms with Gasteiger partial charge in [-0.15, -0.1) is 0 Å². The quantitative estimate of drug-likeness (QED) is 0.144. The predicted molar refractivity (Wildman–Crippen MR) is 220 cm³/mol. The van der Waals surface area contributed by atoms with Gasteiger partial charge in [0, 0.05) is 34.1 Å². The van der Waals surface area contributed by atoms with E-state index in [4.69, 9.17) is 0 Å². The molecule has 0 aliphatic heterocycles. The normalized spacial score (nSPS) is 11.0. The first kappa shape index (κ1) is 33.6. The summed E-state index contributed by atoms with van der Waals surface area (Å²) in [4.78, 5) is 4.66. The molecule has 0 aromatic heterocycles. The smallest absolute Gasteiger partial charge is 0.0462 e. The van der Waals surface area contributed by atoms with Crippen LogP contribution in [0.1, 0.15) is 41.2 Å². The van der Waals surface area contributed by atoms with E-state index in [1.54, 1.807) is 0 Å². The number of hydrogen-bond donors (Lipinski definition) is 0. The summed E-state index contributed by atoms with van der Waals surface area (Å²) in [5, 5.41) is 0. The largest absolute Gasteiger partial charge is 0.311 e. The molecular weight excluding hydrogens is 617 g/mol. The molecule has 2 heteroatoms. The summed E-state index contributed by atoms with van der Waals surface area (Å²) in [6.07, 6.45) is 2.11. The first-order chi connectivity index (χ1) is 24.9. The molecule has 0 spiro atoms. The summed E-state index contributed by atoms with van der Waals surface area (Å²) in [5.74, 6) is 0. The van der Waals surface area contributed by atoms with Gasteiger partial charge in [0.1, 0.15) is 0 Å². The zero-order chi connectivity index (χ0) is 35.3. The van der Waals surface area contributed by atoms with E-state index < -0.39 is 0 Å². The van der Waals surface area contributed by atoms with E-state index >= 15 is 0 Å². The highest BCUT2D eigenvalue weighted by Gasteiger charge is 2.15. The van der Waals surface area contributed by atoms with Gasteiger partial charge in [-0.1, -0.05) is 127 Å². The van der Waals surface area contributed by atoms with E-state index in [1.165, 1.54) is 50.1 Å². The second kappa shape index (κ2) is 14.9. The molecule has 0 aliphatic carbocycles. The Kier molecular flexibility index (Phi) is 9.85. The van der Waals surface area contributed by atoms with E-state index in [0.29, 0.717) is 0 Å². The molecule has 7 aromatic rings. The minimum absolute atomic E-state index is 1.02. The molecule has 0 unspecified atom stereocenters. The van der Waals surface area contributed by atoms with Crippen LogP contribution < -0.4 is 9.80 Å². The van der Waals surface area contributed by atoms with Crippen molar-refractivity contribution < 1.29 is 0 Å². The van der Waals surface area contributed by atoms with Crippen LogP contribution in [0.5, 0.6) is 0 Å². The highest BCUT2D eigenvalue weighted by atomic mass is 15.1. The van der Waals surface area contributed by atoms with Crippen molar-refractivity contribution in [3.63, 3.8) is 0 Å². The van der Waals surface area contributed by atoms with E-state index in [-0.39, 0.29) is 0 Å². The van der Waals surface area contributed by atoms with Crippen LogP contribution in [0.25, 0.3) is 22.3 Å². The molecule has 2 nitrogen and oxygen atoms in total. The van der Waals surface area contributed by atoms with Gasteiger partial charge in [-0.3, -0.25) is 0 Å². The topological polar surface area (TPSA) is 6.48 Å². The molecule has 0 amide bonds. The molecule has 0 saturated heterocycles. The molecule has 0 aliphatic rings. The van der Waals surface area contributed by atoms with Crippen LogP contribution in [0.15, 0.2) is 164 Å². The van der Waals surface area contributed by atoms with Crippen LogP contribution in [0.4, 0.5) is 34.1 Å². The summed E-state index contributed by atoms with van der Waals surface area (Å²) in [5.41, 5.74) is 18.3. The van der Waals surface area contributed by atoms with Crippen LogP contribution in [0, 0.1) is 27.7 Å². The monoisotopic (exact) mass is 662 g/mol. The fourth-order valence-corrected chi connectivity index (χ4v) is 6.79. The van der Waals surface area contributed by atoms with Gasteiger partial charge in [0.25, 0.3) is 0 Å². The maximum absolute atomic E-state index is 2.39. The Hall–Kier alpha value is -5.86. The van der Waals surface area contributed by atoms with Crippen molar-refractivity contribution in [3.05, 3.63) is 192 Å². The average molecular weight is 663 g/mol. The highest BCUT2D eigenvalue weighted by Crippen LogP contribution is 2.39. The van der Waals surface area contributed by atoms with E-state index in [0.717, 1.165) is 47.0 Å². The molecule has 0 saturated carbocycles. The fourth-order valence-electron chi connectivity index (χ4n) is 6.79. The summed E-state index contributed by atoms with van der Waals surface area (Å²) in [7, 11) is 0. The Morgan fingerprint density at radius 2 is 0.627 bits per heavy atom. The SMILES string of the molecule is CCCc1cc(-c2ccc(N(c3ccc(C)cc3)c3ccc(C)cc3)cc2)ccc1-c1ccc(N(c2ccc(C)cc2)c2ccc(C)cc2)cc1.